The first-order valence-electron chi connectivity index (χ1n) is 7.36. The van der Waals surface area contributed by atoms with Gasteiger partial charge >= 0.3 is 0 Å². The molecule has 1 aromatic carbocycles. The second kappa shape index (κ2) is 9.64. The lowest BCUT2D eigenvalue weighted by Gasteiger charge is -2.28. The van der Waals surface area contributed by atoms with Crippen LogP contribution in [-0.4, -0.2) is 19.1 Å². The molecule has 3 N–H and O–H groups in total. The molecule has 120 valence electrons. The molecule has 0 heterocycles. The van der Waals surface area contributed by atoms with Gasteiger partial charge in [0, 0.05) is 12.2 Å². The molecule has 1 aromatic rings. The lowest BCUT2D eigenvalue weighted by atomic mass is 9.81. The number of carbonyl (C=O) groups excluding carboxylic acids is 1. The summed E-state index contributed by atoms with van der Waals surface area (Å²) in [4.78, 5) is 12.4. The van der Waals surface area contributed by atoms with Crippen molar-refractivity contribution in [3.8, 4) is 5.75 Å². The molecule has 0 aliphatic carbocycles. The summed E-state index contributed by atoms with van der Waals surface area (Å²) in [6.45, 7) is 7.13. The number of anilines is 1. The Bertz CT molecular complexity index is 409. The van der Waals surface area contributed by atoms with Crippen LogP contribution >= 0.6 is 12.4 Å². The van der Waals surface area contributed by atoms with Gasteiger partial charge in [-0.2, -0.15) is 0 Å². The van der Waals surface area contributed by atoms with Crippen LogP contribution in [0.15, 0.2) is 24.3 Å². The van der Waals surface area contributed by atoms with Crippen LogP contribution in [0.1, 0.15) is 40.0 Å². The monoisotopic (exact) mass is 314 g/mol. The normalized spacial score (nSPS) is 10.7. The van der Waals surface area contributed by atoms with Crippen LogP contribution in [0.4, 0.5) is 5.69 Å². The highest BCUT2D eigenvalue weighted by atomic mass is 35.5. The van der Waals surface area contributed by atoms with Crippen LogP contribution in [-0.2, 0) is 4.79 Å². The topological polar surface area (TPSA) is 64.3 Å². The number of carbonyl (C=O) groups is 1. The van der Waals surface area contributed by atoms with E-state index >= 15 is 0 Å². The number of rotatable bonds is 8. The molecule has 0 unspecified atom stereocenters. The zero-order valence-electron chi connectivity index (χ0n) is 13.1. The quantitative estimate of drug-likeness (QED) is 0.770. The molecule has 0 aromatic heterocycles. The van der Waals surface area contributed by atoms with Crippen LogP contribution in [0.3, 0.4) is 0 Å². The largest absolute Gasteiger partial charge is 0.494 e. The average Bonchev–Trinajstić information content (AvgIpc) is 2.49. The van der Waals surface area contributed by atoms with Gasteiger partial charge in [-0.1, -0.05) is 20.8 Å². The molecule has 0 radical (unpaired) electrons. The molecule has 4 nitrogen and oxygen atoms in total. The zero-order chi connectivity index (χ0) is 15.0. The number of ether oxygens (including phenoxy) is 1. The van der Waals surface area contributed by atoms with Crippen LogP contribution in [0.25, 0.3) is 0 Å². The van der Waals surface area contributed by atoms with Gasteiger partial charge in [-0.05, 0) is 43.5 Å². The molecule has 5 heteroatoms. The van der Waals surface area contributed by atoms with Crippen molar-refractivity contribution >= 4 is 24.0 Å². The van der Waals surface area contributed by atoms with E-state index in [1.807, 2.05) is 38.1 Å². The minimum absolute atomic E-state index is 0. The highest BCUT2D eigenvalue weighted by Gasteiger charge is 2.33. The van der Waals surface area contributed by atoms with Crippen LogP contribution in [0.2, 0.25) is 0 Å². The van der Waals surface area contributed by atoms with E-state index in [2.05, 4.69) is 12.2 Å². The summed E-state index contributed by atoms with van der Waals surface area (Å²) in [5, 5.41) is 2.94. The van der Waals surface area contributed by atoms with E-state index in [0.717, 1.165) is 30.7 Å². The third kappa shape index (κ3) is 5.21. The SMILES string of the molecule is CCCOc1ccc(NC(=O)C(CC)(CC)CN)cc1.Cl. The zero-order valence-corrected chi connectivity index (χ0v) is 14.0. The van der Waals surface area contributed by atoms with Crippen molar-refractivity contribution in [2.75, 3.05) is 18.5 Å². The van der Waals surface area contributed by atoms with Crippen molar-refractivity contribution in [1.29, 1.82) is 0 Å². The van der Waals surface area contributed by atoms with Gasteiger partial charge in [-0.15, -0.1) is 12.4 Å². The van der Waals surface area contributed by atoms with Crippen LogP contribution in [0, 0.1) is 5.41 Å². The van der Waals surface area contributed by atoms with Gasteiger partial charge in [0.25, 0.3) is 0 Å². The fraction of sp³-hybridized carbons (Fsp3) is 0.562. The van der Waals surface area contributed by atoms with E-state index in [9.17, 15) is 4.79 Å². The first-order valence-corrected chi connectivity index (χ1v) is 7.36. The maximum Gasteiger partial charge on any atom is 0.231 e. The molecule has 0 aliphatic rings. The predicted molar refractivity (Wildman–Crippen MR) is 90.2 cm³/mol. The van der Waals surface area contributed by atoms with Gasteiger partial charge in [-0.25, -0.2) is 0 Å². The number of halogens is 1. The van der Waals surface area contributed by atoms with Crippen molar-refractivity contribution in [3.05, 3.63) is 24.3 Å². The number of nitrogens with one attached hydrogen (secondary N) is 1. The molecule has 0 aliphatic heterocycles. The first kappa shape index (κ1) is 19.7. The van der Waals surface area contributed by atoms with E-state index in [1.54, 1.807) is 0 Å². The van der Waals surface area contributed by atoms with Crippen molar-refractivity contribution in [3.63, 3.8) is 0 Å². The van der Waals surface area contributed by atoms with Crippen molar-refractivity contribution in [2.45, 2.75) is 40.0 Å². The molecule has 0 fully saturated rings. The Morgan fingerprint density at radius 1 is 1.19 bits per heavy atom. The average molecular weight is 315 g/mol. The van der Waals surface area contributed by atoms with Gasteiger partial charge in [0.05, 0.1) is 12.0 Å². The lowest BCUT2D eigenvalue weighted by Crippen LogP contribution is -2.41. The summed E-state index contributed by atoms with van der Waals surface area (Å²) in [7, 11) is 0. The Morgan fingerprint density at radius 3 is 2.19 bits per heavy atom. The molecule has 0 saturated carbocycles. The lowest BCUT2D eigenvalue weighted by molar-refractivity contribution is -0.125. The Hall–Kier alpha value is -1.26. The van der Waals surface area contributed by atoms with Gasteiger partial charge in [0.2, 0.25) is 5.91 Å². The second-order valence-corrected chi connectivity index (χ2v) is 5.02. The number of benzene rings is 1. The molecule has 0 atom stereocenters. The minimum atomic E-state index is -0.475. The Morgan fingerprint density at radius 2 is 1.76 bits per heavy atom. The summed E-state index contributed by atoms with van der Waals surface area (Å²) in [6, 6.07) is 7.45. The summed E-state index contributed by atoms with van der Waals surface area (Å²) in [5.74, 6) is 0.813. The maximum absolute atomic E-state index is 12.4. The van der Waals surface area contributed by atoms with Gasteiger partial charge in [0.1, 0.15) is 5.75 Å². The standard InChI is InChI=1S/C16H26N2O2.ClH/c1-4-11-20-14-9-7-13(8-10-14)18-15(19)16(5-2,6-3)12-17;/h7-10H,4-6,11-12,17H2,1-3H3,(H,18,19);1H. The molecule has 21 heavy (non-hydrogen) atoms. The summed E-state index contributed by atoms with van der Waals surface area (Å²) in [5.41, 5.74) is 6.08. The molecule has 1 rings (SSSR count). The molecule has 0 spiro atoms. The van der Waals surface area contributed by atoms with E-state index in [-0.39, 0.29) is 18.3 Å². The molecular weight excluding hydrogens is 288 g/mol. The van der Waals surface area contributed by atoms with E-state index in [1.165, 1.54) is 0 Å². The van der Waals surface area contributed by atoms with Crippen molar-refractivity contribution < 1.29 is 9.53 Å². The van der Waals surface area contributed by atoms with Crippen molar-refractivity contribution in [2.24, 2.45) is 11.1 Å². The fourth-order valence-electron chi connectivity index (χ4n) is 2.07. The highest BCUT2D eigenvalue weighted by Crippen LogP contribution is 2.27. The van der Waals surface area contributed by atoms with Crippen LogP contribution < -0.4 is 15.8 Å². The number of amides is 1. The molecule has 0 saturated heterocycles. The fourth-order valence-corrected chi connectivity index (χ4v) is 2.07. The summed E-state index contributed by atoms with van der Waals surface area (Å²) < 4.78 is 5.51. The highest BCUT2D eigenvalue weighted by molar-refractivity contribution is 5.95. The third-order valence-electron chi connectivity index (χ3n) is 3.81. The van der Waals surface area contributed by atoms with E-state index < -0.39 is 5.41 Å². The maximum atomic E-state index is 12.4. The Balaban J connectivity index is 0.00000400. The molecular formula is C16H27ClN2O2. The third-order valence-corrected chi connectivity index (χ3v) is 3.81. The van der Waals surface area contributed by atoms with Crippen molar-refractivity contribution in [1.82, 2.24) is 0 Å². The first-order chi connectivity index (χ1) is 9.61. The van der Waals surface area contributed by atoms with E-state index in [0.29, 0.717) is 13.2 Å². The molecule has 0 bridgehead atoms. The Kier molecular flexibility index (Phi) is 9.06. The number of hydrogen-bond acceptors (Lipinski definition) is 3. The summed E-state index contributed by atoms with van der Waals surface area (Å²) >= 11 is 0. The summed E-state index contributed by atoms with van der Waals surface area (Å²) in [6.07, 6.45) is 2.46. The van der Waals surface area contributed by atoms with Gasteiger partial charge in [0.15, 0.2) is 0 Å². The minimum Gasteiger partial charge on any atom is -0.494 e. The number of nitrogens with two attached hydrogens (primary N) is 1. The predicted octanol–water partition coefficient (Wildman–Crippen LogP) is 3.60. The van der Waals surface area contributed by atoms with E-state index in [4.69, 9.17) is 10.5 Å². The van der Waals surface area contributed by atoms with Crippen LogP contribution in [0.5, 0.6) is 5.75 Å². The second-order valence-electron chi connectivity index (χ2n) is 5.02. The molecule has 1 amide bonds. The smallest absolute Gasteiger partial charge is 0.231 e. The number of hydrogen-bond donors (Lipinski definition) is 2. The van der Waals surface area contributed by atoms with Gasteiger partial charge < -0.3 is 15.8 Å². The Labute approximate surface area is 133 Å². The van der Waals surface area contributed by atoms with Gasteiger partial charge in [-0.3, -0.25) is 4.79 Å².